The van der Waals surface area contributed by atoms with E-state index in [-0.39, 0.29) is 5.91 Å². The van der Waals surface area contributed by atoms with E-state index < -0.39 is 6.10 Å². The number of hydrogen-bond donors (Lipinski definition) is 1. The lowest BCUT2D eigenvalue weighted by Crippen LogP contribution is -2.30. The fourth-order valence-corrected chi connectivity index (χ4v) is 2.62. The van der Waals surface area contributed by atoms with Gasteiger partial charge in [0.15, 0.2) is 17.6 Å². The predicted molar refractivity (Wildman–Crippen MR) is 103 cm³/mol. The molecule has 1 N–H and O–H groups in total. The number of benzene rings is 2. The van der Waals surface area contributed by atoms with Crippen molar-refractivity contribution in [1.29, 1.82) is 0 Å². The Hall–Kier alpha value is -2.69. The summed E-state index contributed by atoms with van der Waals surface area (Å²) in [5.74, 6) is 2.05. The first-order chi connectivity index (χ1) is 12.5. The van der Waals surface area contributed by atoms with E-state index >= 15 is 0 Å². The maximum absolute atomic E-state index is 12.5. The first-order valence-corrected chi connectivity index (χ1v) is 8.78. The number of carbonyl (C=O) groups is 1. The van der Waals surface area contributed by atoms with E-state index in [0.717, 1.165) is 17.7 Å². The monoisotopic (exact) mass is 357 g/mol. The molecule has 0 heterocycles. The van der Waals surface area contributed by atoms with E-state index in [1.807, 2.05) is 24.3 Å². The van der Waals surface area contributed by atoms with Crippen molar-refractivity contribution < 1.29 is 19.0 Å². The zero-order chi connectivity index (χ0) is 19.1. The summed E-state index contributed by atoms with van der Waals surface area (Å²) in [5.41, 5.74) is 1.74. The van der Waals surface area contributed by atoms with Crippen LogP contribution in [0.4, 0.5) is 5.69 Å². The van der Waals surface area contributed by atoms with Gasteiger partial charge in [-0.05, 0) is 43.0 Å². The van der Waals surface area contributed by atoms with Crippen molar-refractivity contribution in [3.8, 4) is 17.2 Å². The molecule has 0 aliphatic rings. The molecule has 5 nitrogen and oxygen atoms in total. The average molecular weight is 357 g/mol. The summed E-state index contributed by atoms with van der Waals surface area (Å²) in [6, 6.07) is 13.1. The van der Waals surface area contributed by atoms with Crippen molar-refractivity contribution in [3.63, 3.8) is 0 Å². The second-order valence-electron chi connectivity index (χ2n) is 6.17. The Morgan fingerprint density at radius 1 is 1.00 bits per heavy atom. The van der Waals surface area contributed by atoms with Crippen LogP contribution in [0, 0.1) is 0 Å². The van der Waals surface area contributed by atoms with E-state index in [0.29, 0.717) is 23.1 Å². The van der Waals surface area contributed by atoms with Crippen molar-refractivity contribution in [2.75, 3.05) is 19.5 Å². The lowest BCUT2D eigenvalue weighted by molar-refractivity contribution is -0.122. The minimum absolute atomic E-state index is 0.226. The molecular weight excluding hydrogens is 330 g/mol. The van der Waals surface area contributed by atoms with Crippen molar-refractivity contribution >= 4 is 11.6 Å². The van der Waals surface area contributed by atoms with Crippen LogP contribution in [-0.2, 0) is 4.79 Å². The molecule has 0 fully saturated rings. The second kappa shape index (κ2) is 9.13. The van der Waals surface area contributed by atoms with Crippen LogP contribution in [0.2, 0.25) is 0 Å². The third-order valence-electron chi connectivity index (χ3n) is 4.39. The summed E-state index contributed by atoms with van der Waals surface area (Å²) in [5, 5.41) is 2.85. The first-order valence-electron chi connectivity index (χ1n) is 8.78. The number of carbonyl (C=O) groups excluding carboxylic acids is 1. The van der Waals surface area contributed by atoms with Gasteiger partial charge in [-0.2, -0.15) is 0 Å². The lowest BCUT2D eigenvalue weighted by Gasteiger charge is -2.20. The topological polar surface area (TPSA) is 56.8 Å². The van der Waals surface area contributed by atoms with Crippen molar-refractivity contribution in [2.24, 2.45) is 0 Å². The smallest absolute Gasteiger partial charge is 0.265 e. The van der Waals surface area contributed by atoms with Crippen LogP contribution in [0.1, 0.15) is 38.7 Å². The molecule has 2 unspecified atom stereocenters. The Labute approximate surface area is 155 Å². The number of nitrogens with one attached hydrogen (secondary N) is 1. The van der Waals surface area contributed by atoms with Crippen molar-refractivity contribution in [3.05, 3.63) is 48.0 Å². The van der Waals surface area contributed by atoms with Gasteiger partial charge in [-0.1, -0.05) is 32.0 Å². The molecule has 0 aliphatic carbocycles. The average Bonchev–Trinajstić information content (AvgIpc) is 2.67. The SMILES string of the molecule is CCC(C)c1ccccc1OC(C)C(=O)Nc1ccc(OC)c(OC)c1. The van der Waals surface area contributed by atoms with E-state index in [9.17, 15) is 4.79 Å². The summed E-state index contributed by atoms with van der Waals surface area (Å²) >= 11 is 0. The third kappa shape index (κ3) is 4.69. The maximum atomic E-state index is 12.5. The molecule has 0 saturated carbocycles. The van der Waals surface area contributed by atoms with Crippen LogP contribution in [0.15, 0.2) is 42.5 Å². The van der Waals surface area contributed by atoms with Crippen molar-refractivity contribution in [1.82, 2.24) is 0 Å². The molecule has 0 radical (unpaired) electrons. The van der Waals surface area contributed by atoms with Gasteiger partial charge in [-0.15, -0.1) is 0 Å². The van der Waals surface area contributed by atoms with Gasteiger partial charge in [0.1, 0.15) is 5.75 Å². The molecule has 0 spiro atoms. The number of hydrogen-bond acceptors (Lipinski definition) is 4. The Morgan fingerprint density at radius 3 is 2.35 bits per heavy atom. The number of amides is 1. The van der Waals surface area contributed by atoms with E-state index in [2.05, 4.69) is 19.2 Å². The van der Waals surface area contributed by atoms with Gasteiger partial charge in [0.25, 0.3) is 5.91 Å². The summed E-state index contributed by atoms with van der Waals surface area (Å²) in [6.45, 7) is 6.02. The van der Waals surface area contributed by atoms with Gasteiger partial charge >= 0.3 is 0 Å². The fraction of sp³-hybridized carbons (Fsp3) is 0.381. The molecule has 26 heavy (non-hydrogen) atoms. The summed E-state index contributed by atoms with van der Waals surface area (Å²) in [4.78, 5) is 12.5. The Morgan fingerprint density at radius 2 is 1.69 bits per heavy atom. The molecule has 0 aromatic heterocycles. The molecule has 0 aliphatic heterocycles. The zero-order valence-corrected chi connectivity index (χ0v) is 16.0. The highest BCUT2D eigenvalue weighted by Gasteiger charge is 2.18. The minimum Gasteiger partial charge on any atom is -0.493 e. The number of anilines is 1. The van der Waals surface area contributed by atoms with Gasteiger partial charge in [0.2, 0.25) is 0 Å². The number of ether oxygens (including phenoxy) is 3. The third-order valence-corrected chi connectivity index (χ3v) is 4.39. The van der Waals surface area contributed by atoms with Crippen molar-refractivity contribution in [2.45, 2.75) is 39.2 Å². The Bertz CT molecular complexity index is 745. The van der Waals surface area contributed by atoms with Gasteiger partial charge < -0.3 is 19.5 Å². The van der Waals surface area contributed by atoms with Crippen LogP contribution >= 0.6 is 0 Å². The second-order valence-corrected chi connectivity index (χ2v) is 6.17. The molecule has 1 amide bonds. The standard InChI is InChI=1S/C21H27NO4/c1-6-14(2)17-9-7-8-10-18(17)26-15(3)21(23)22-16-11-12-19(24-4)20(13-16)25-5/h7-15H,6H2,1-5H3,(H,22,23). The highest BCUT2D eigenvalue weighted by molar-refractivity contribution is 5.94. The first kappa shape index (κ1) is 19.6. The zero-order valence-electron chi connectivity index (χ0n) is 16.0. The molecule has 2 atom stereocenters. The van der Waals surface area contributed by atoms with Crippen LogP contribution in [0.5, 0.6) is 17.2 Å². The summed E-state index contributed by atoms with van der Waals surface area (Å²) in [6.07, 6.45) is 0.375. The molecule has 2 rings (SSSR count). The van der Waals surface area contributed by atoms with Gasteiger partial charge in [0, 0.05) is 11.8 Å². The fourth-order valence-electron chi connectivity index (χ4n) is 2.62. The normalized spacial score (nSPS) is 12.8. The van der Waals surface area contributed by atoms with Crippen LogP contribution in [0.3, 0.4) is 0 Å². The highest BCUT2D eigenvalue weighted by Crippen LogP contribution is 2.31. The van der Waals surface area contributed by atoms with Crippen LogP contribution in [0.25, 0.3) is 0 Å². The lowest BCUT2D eigenvalue weighted by atomic mass is 9.98. The minimum atomic E-state index is -0.631. The predicted octanol–water partition coefficient (Wildman–Crippen LogP) is 4.62. The highest BCUT2D eigenvalue weighted by atomic mass is 16.5. The largest absolute Gasteiger partial charge is 0.493 e. The number of methoxy groups -OCH3 is 2. The van der Waals surface area contributed by atoms with Gasteiger partial charge in [0.05, 0.1) is 14.2 Å². The molecule has 2 aromatic rings. The maximum Gasteiger partial charge on any atom is 0.265 e. The van der Waals surface area contributed by atoms with Gasteiger partial charge in [-0.25, -0.2) is 0 Å². The molecule has 0 bridgehead atoms. The molecule has 5 heteroatoms. The molecule has 0 saturated heterocycles. The van der Waals surface area contributed by atoms with Gasteiger partial charge in [-0.3, -0.25) is 4.79 Å². The Balaban J connectivity index is 2.09. The Kier molecular flexibility index (Phi) is 6.89. The summed E-state index contributed by atoms with van der Waals surface area (Å²) < 4.78 is 16.4. The number of para-hydroxylation sites is 1. The van der Waals surface area contributed by atoms with E-state index in [4.69, 9.17) is 14.2 Å². The number of rotatable bonds is 8. The quantitative estimate of drug-likeness (QED) is 0.749. The summed E-state index contributed by atoms with van der Waals surface area (Å²) in [7, 11) is 3.13. The van der Waals surface area contributed by atoms with Crippen LogP contribution < -0.4 is 19.5 Å². The van der Waals surface area contributed by atoms with Crippen LogP contribution in [-0.4, -0.2) is 26.2 Å². The molecular formula is C21H27NO4. The molecule has 2 aromatic carbocycles. The van der Waals surface area contributed by atoms with E-state index in [1.54, 1.807) is 39.3 Å². The molecule has 140 valence electrons. The van der Waals surface area contributed by atoms with E-state index in [1.165, 1.54) is 0 Å².